The van der Waals surface area contributed by atoms with Gasteiger partial charge in [0, 0.05) is 25.2 Å². The highest BCUT2D eigenvalue weighted by Crippen LogP contribution is 2.28. The van der Waals surface area contributed by atoms with Crippen molar-refractivity contribution >= 4 is 18.2 Å². The molecule has 1 saturated heterocycles. The van der Waals surface area contributed by atoms with Crippen molar-refractivity contribution in [3.05, 3.63) is 29.1 Å². The van der Waals surface area contributed by atoms with Crippen LogP contribution in [-0.2, 0) is 6.67 Å². The van der Waals surface area contributed by atoms with E-state index in [-0.39, 0.29) is 12.1 Å². The molecule has 2 aromatic rings. The summed E-state index contributed by atoms with van der Waals surface area (Å²) >= 11 is 5.38. The van der Waals surface area contributed by atoms with E-state index in [1.54, 1.807) is 11.8 Å². The van der Waals surface area contributed by atoms with Crippen LogP contribution in [-0.4, -0.2) is 53.0 Å². The van der Waals surface area contributed by atoms with Crippen molar-refractivity contribution < 1.29 is 13.9 Å². The Hall–Kier alpha value is -2.39. The van der Waals surface area contributed by atoms with Gasteiger partial charge in [0.05, 0.1) is 19.3 Å². The van der Waals surface area contributed by atoms with Gasteiger partial charge in [-0.2, -0.15) is 0 Å². The molecule has 1 aromatic carbocycles. The zero-order valence-electron chi connectivity index (χ0n) is 18.0. The molecule has 1 aliphatic carbocycles. The van der Waals surface area contributed by atoms with E-state index >= 15 is 0 Å². The van der Waals surface area contributed by atoms with Gasteiger partial charge in [-0.25, -0.2) is 9.48 Å². The summed E-state index contributed by atoms with van der Waals surface area (Å²) in [4.78, 5) is 14.9. The van der Waals surface area contributed by atoms with Crippen molar-refractivity contribution in [1.82, 2.24) is 25.3 Å². The van der Waals surface area contributed by atoms with Crippen LogP contribution in [0.2, 0.25) is 0 Å². The molecule has 0 unspecified atom stereocenters. The monoisotopic (exact) mass is 445 g/mol. The molecule has 1 aliphatic heterocycles. The van der Waals surface area contributed by atoms with Gasteiger partial charge >= 0.3 is 6.03 Å². The van der Waals surface area contributed by atoms with Gasteiger partial charge in [-0.3, -0.25) is 4.90 Å². The van der Waals surface area contributed by atoms with Crippen LogP contribution >= 0.6 is 12.2 Å². The molecule has 8 nitrogen and oxygen atoms in total. The van der Waals surface area contributed by atoms with E-state index in [1.165, 1.54) is 19.3 Å². The number of likely N-dealkylation sites (tertiary alicyclic amines) is 1. The number of carbonyl (C=O) groups is 1. The van der Waals surface area contributed by atoms with Crippen LogP contribution in [0.15, 0.2) is 28.7 Å². The second-order valence-electron chi connectivity index (χ2n) is 8.36. The molecule has 2 aliphatic rings. The number of urea groups is 1. The van der Waals surface area contributed by atoms with Gasteiger partial charge < -0.3 is 19.8 Å². The molecule has 0 atom stereocenters. The molecule has 0 radical (unpaired) electrons. The Labute approximate surface area is 187 Å². The van der Waals surface area contributed by atoms with Crippen LogP contribution in [0, 0.1) is 4.84 Å². The molecule has 2 N–H and O–H groups in total. The zero-order chi connectivity index (χ0) is 21.6. The van der Waals surface area contributed by atoms with Crippen molar-refractivity contribution in [3.63, 3.8) is 0 Å². The molecular weight excluding hydrogens is 414 g/mol. The van der Waals surface area contributed by atoms with Gasteiger partial charge in [-0.05, 0) is 50.0 Å². The summed E-state index contributed by atoms with van der Waals surface area (Å²) < 4.78 is 12.8. The van der Waals surface area contributed by atoms with Gasteiger partial charge in [-0.1, -0.05) is 31.4 Å². The minimum absolute atomic E-state index is 0.0227. The molecule has 0 spiro atoms. The molecule has 4 rings (SSSR count). The number of benzene rings is 1. The molecule has 0 bridgehead atoms. The number of aromatic nitrogens is 2. The number of amides is 2. The largest absolute Gasteiger partial charge is 0.496 e. The van der Waals surface area contributed by atoms with Gasteiger partial charge in [0.25, 0.3) is 10.7 Å². The Bertz CT molecular complexity index is 929. The topological polar surface area (TPSA) is 84.6 Å². The highest BCUT2D eigenvalue weighted by molar-refractivity contribution is 7.71. The van der Waals surface area contributed by atoms with Crippen molar-refractivity contribution in [2.24, 2.45) is 0 Å². The van der Waals surface area contributed by atoms with Gasteiger partial charge in [0.15, 0.2) is 0 Å². The summed E-state index contributed by atoms with van der Waals surface area (Å²) in [5.41, 5.74) is 0.779. The summed E-state index contributed by atoms with van der Waals surface area (Å²) in [7, 11) is 1.62. The second-order valence-corrected chi connectivity index (χ2v) is 8.71. The van der Waals surface area contributed by atoms with E-state index in [1.807, 2.05) is 24.3 Å². The van der Waals surface area contributed by atoms with Crippen LogP contribution in [0.4, 0.5) is 4.79 Å². The number of rotatable bonds is 6. The Morgan fingerprint density at radius 3 is 2.52 bits per heavy atom. The summed E-state index contributed by atoms with van der Waals surface area (Å²) in [6.45, 7) is 2.30. The molecule has 2 fully saturated rings. The maximum absolute atomic E-state index is 12.3. The Balaban J connectivity index is 1.28. The van der Waals surface area contributed by atoms with Crippen LogP contribution in [0.5, 0.6) is 5.75 Å². The predicted octanol–water partition coefficient (Wildman–Crippen LogP) is 3.93. The van der Waals surface area contributed by atoms with Gasteiger partial charge in [-0.15, -0.1) is 5.10 Å². The first-order valence-electron chi connectivity index (χ1n) is 11.1. The molecule has 2 heterocycles. The molecule has 9 heteroatoms. The third-order valence-electron chi connectivity index (χ3n) is 6.14. The van der Waals surface area contributed by atoms with Gasteiger partial charge in [0.1, 0.15) is 5.75 Å². The SMILES string of the molecule is COc1ccccc1-c1nn(CN2CCC(NC(=O)NC3CCCCC3)CC2)c(=S)o1. The van der Waals surface area contributed by atoms with Crippen molar-refractivity contribution in [2.45, 2.75) is 63.7 Å². The minimum atomic E-state index is -0.0227. The molecular formula is C22H31N5O3S. The lowest BCUT2D eigenvalue weighted by Crippen LogP contribution is -2.50. The first-order chi connectivity index (χ1) is 15.1. The summed E-state index contributed by atoms with van der Waals surface area (Å²) in [5, 5.41) is 10.8. The number of hydrogen-bond acceptors (Lipinski definition) is 6. The normalized spacial score (nSPS) is 18.6. The standard InChI is InChI=1S/C22H31N5O3S/c1-29-19-10-6-5-9-18(19)20-25-27(22(31)30-20)15-26-13-11-17(12-14-26)24-21(28)23-16-7-3-2-4-8-16/h5-6,9-10,16-17H,2-4,7-8,11-15H2,1H3,(H2,23,24,28). The smallest absolute Gasteiger partial charge is 0.315 e. The van der Waals surface area contributed by atoms with Gasteiger partial charge in [0.2, 0.25) is 0 Å². The van der Waals surface area contributed by atoms with Crippen molar-refractivity contribution in [3.8, 4) is 17.2 Å². The molecule has 168 valence electrons. The molecule has 2 amide bonds. The molecule has 31 heavy (non-hydrogen) atoms. The second kappa shape index (κ2) is 10.3. The van der Waals surface area contributed by atoms with Crippen LogP contribution in [0.25, 0.3) is 11.5 Å². The summed E-state index contributed by atoms with van der Waals surface area (Å²) in [6, 6.07) is 8.10. The average molecular weight is 446 g/mol. The number of carbonyl (C=O) groups excluding carboxylic acids is 1. The number of nitrogens with one attached hydrogen (secondary N) is 2. The summed E-state index contributed by atoms with van der Waals surface area (Å²) in [6.07, 6.45) is 7.72. The first-order valence-corrected chi connectivity index (χ1v) is 11.5. The number of ether oxygens (including phenoxy) is 1. The quantitative estimate of drug-likeness (QED) is 0.656. The van der Waals surface area contributed by atoms with Crippen LogP contribution in [0.3, 0.4) is 0 Å². The summed E-state index contributed by atoms with van der Waals surface area (Å²) in [5.74, 6) is 1.16. The fourth-order valence-electron chi connectivity index (χ4n) is 4.39. The molecule has 1 saturated carbocycles. The predicted molar refractivity (Wildman–Crippen MR) is 120 cm³/mol. The van der Waals surface area contributed by atoms with E-state index in [2.05, 4.69) is 20.6 Å². The number of piperidine rings is 1. The van der Waals surface area contributed by atoms with E-state index in [4.69, 9.17) is 21.4 Å². The lowest BCUT2D eigenvalue weighted by molar-refractivity contribution is 0.149. The van der Waals surface area contributed by atoms with E-state index in [0.717, 1.165) is 44.3 Å². The lowest BCUT2D eigenvalue weighted by Gasteiger charge is -2.32. The van der Waals surface area contributed by atoms with Crippen molar-refractivity contribution in [2.75, 3.05) is 20.2 Å². The highest BCUT2D eigenvalue weighted by atomic mass is 32.1. The van der Waals surface area contributed by atoms with E-state index in [9.17, 15) is 4.79 Å². The fourth-order valence-corrected chi connectivity index (χ4v) is 4.57. The average Bonchev–Trinajstić information content (AvgIpc) is 3.15. The lowest BCUT2D eigenvalue weighted by atomic mass is 9.96. The number of nitrogens with zero attached hydrogens (tertiary/aromatic N) is 3. The van der Waals surface area contributed by atoms with Crippen LogP contribution < -0.4 is 15.4 Å². The number of methoxy groups -OCH3 is 1. The fraction of sp³-hybridized carbons (Fsp3) is 0.591. The van der Waals surface area contributed by atoms with Crippen LogP contribution in [0.1, 0.15) is 44.9 Å². The van der Waals surface area contributed by atoms with Crippen molar-refractivity contribution in [1.29, 1.82) is 0 Å². The number of para-hydroxylation sites is 1. The Morgan fingerprint density at radius 1 is 1.13 bits per heavy atom. The van der Waals surface area contributed by atoms with E-state index < -0.39 is 0 Å². The Morgan fingerprint density at radius 2 is 1.81 bits per heavy atom. The highest BCUT2D eigenvalue weighted by Gasteiger charge is 2.23. The molecule has 1 aromatic heterocycles. The maximum atomic E-state index is 12.3. The third-order valence-corrected chi connectivity index (χ3v) is 6.43. The third kappa shape index (κ3) is 5.65. The minimum Gasteiger partial charge on any atom is -0.496 e. The maximum Gasteiger partial charge on any atom is 0.315 e. The number of hydrogen-bond donors (Lipinski definition) is 2. The first kappa shape index (κ1) is 21.8. The van der Waals surface area contributed by atoms with E-state index in [0.29, 0.717) is 29.2 Å². The zero-order valence-corrected chi connectivity index (χ0v) is 18.8. The Kier molecular flexibility index (Phi) is 7.24.